The number of aromatic nitrogens is 4. The summed E-state index contributed by atoms with van der Waals surface area (Å²) >= 11 is 0. The number of nitrogens with zero attached hydrogens (tertiary/aromatic N) is 4. The van der Waals surface area contributed by atoms with Crippen LogP contribution in [0.15, 0.2) is 113 Å². The van der Waals surface area contributed by atoms with Gasteiger partial charge >= 0.3 is 11.4 Å². The van der Waals surface area contributed by atoms with E-state index in [0.29, 0.717) is 11.5 Å². The molecule has 0 amide bonds. The van der Waals surface area contributed by atoms with Gasteiger partial charge in [0.2, 0.25) is 0 Å². The zero-order valence-electron chi connectivity index (χ0n) is 32.7. The molecule has 2 aromatic heterocycles. The molecular formula is C41H48N6O12. The molecule has 0 radical (unpaired) electrons. The number of hydrogen-bond donors (Lipinski definition) is 8. The molecule has 2 saturated heterocycles. The van der Waals surface area contributed by atoms with Gasteiger partial charge in [0.15, 0.2) is 12.5 Å². The van der Waals surface area contributed by atoms with Crippen molar-refractivity contribution in [1.82, 2.24) is 19.1 Å². The Morgan fingerprint density at radius 3 is 1.51 bits per heavy atom. The number of rotatable bonds is 11. The van der Waals surface area contributed by atoms with Gasteiger partial charge in [0.1, 0.15) is 64.3 Å². The first-order valence-electron chi connectivity index (χ1n) is 18.5. The zero-order valence-corrected chi connectivity index (χ0v) is 32.7. The maximum absolute atomic E-state index is 13.3. The summed E-state index contributed by atoms with van der Waals surface area (Å²) in [6, 6.07) is 28.0. The highest BCUT2D eigenvalue weighted by Crippen LogP contribution is 2.42. The Morgan fingerprint density at radius 2 is 1.12 bits per heavy atom. The number of anilines is 2. The molecule has 314 valence electrons. The SMILES string of the molecule is CC1(O)[C@@H](O)[C@@H](CO)O[C@H]1n1ccc(N)nc1=O.COc1ccc(C(Nc2ccn([C@@H]3O[C@H](CO)[C@H](O)C3(C)O)c(=O)n2)(c2ccccc2)c2ccc(OC)cc2)cc1. The smallest absolute Gasteiger partial charge is 0.351 e. The van der Waals surface area contributed by atoms with Gasteiger partial charge in [-0.3, -0.25) is 9.13 Å². The van der Waals surface area contributed by atoms with Crippen LogP contribution >= 0.6 is 0 Å². The molecule has 0 spiro atoms. The Labute approximate surface area is 338 Å². The number of nitrogens with one attached hydrogen (secondary N) is 1. The molecule has 2 aliphatic rings. The Morgan fingerprint density at radius 1 is 0.695 bits per heavy atom. The first-order chi connectivity index (χ1) is 28.1. The summed E-state index contributed by atoms with van der Waals surface area (Å²) in [6.45, 7) is 1.69. The van der Waals surface area contributed by atoms with E-state index in [-0.39, 0.29) is 11.6 Å². The molecule has 18 nitrogen and oxygen atoms in total. The summed E-state index contributed by atoms with van der Waals surface area (Å²) in [7, 11) is 3.21. The van der Waals surface area contributed by atoms with Gasteiger partial charge in [-0.2, -0.15) is 9.97 Å². The standard InChI is InChI=1S/C31H33N3O7.C10H15N3O5/c1-30(38)27(36)25(19-35)41-28(30)34-18-17-26(32-29(34)37)33-31(20-7-5-4-6-8-20,21-9-13-23(39-2)14-10-21)22-11-15-24(40-3)16-12-22;1-10(17)7(15)5(4-14)18-8(10)13-3-2-6(11)12-9(13)16/h4-18,25,27-28,35-36,38H,19H2,1-3H3,(H,32,33,37);2-3,5,7-8,14-15,17H,4H2,1H3,(H2,11,12,16)/t25-,27+,28-,30?;5-,7+,8-,10?/m11/s1. The number of methoxy groups -OCH3 is 2. The number of hydrogen-bond acceptors (Lipinski definition) is 16. The fourth-order valence-electron chi connectivity index (χ4n) is 7.32. The second-order valence-electron chi connectivity index (χ2n) is 14.5. The van der Waals surface area contributed by atoms with Crippen molar-refractivity contribution in [1.29, 1.82) is 0 Å². The largest absolute Gasteiger partial charge is 0.497 e. The predicted octanol–water partition coefficient (Wildman–Crippen LogP) is 0.493. The average Bonchev–Trinajstić information content (AvgIpc) is 3.61. The molecule has 2 unspecified atom stereocenters. The first kappa shape index (κ1) is 42.9. The number of benzene rings is 3. The minimum absolute atomic E-state index is 0.0492. The molecule has 3 aromatic carbocycles. The molecule has 4 heterocycles. The number of nitrogens with two attached hydrogens (primary N) is 1. The molecule has 18 heteroatoms. The third-order valence-corrected chi connectivity index (χ3v) is 10.6. The fourth-order valence-corrected chi connectivity index (χ4v) is 7.32. The molecule has 2 fully saturated rings. The van der Waals surface area contributed by atoms with E-state index in [1.165, 1.54) is 32.3 Å². The molecule has 0 bridgehead atoms. The number of ether oxygens (including phenoxy) is 4. The molecule has 0 saturated carbocycles. The second-order valence-corrected chi connectivity index (χ2v) is 14.5. The van der Waals surface area contributed by atoms with Crippen LogP contribution in [-0.2, 0) is 15.0 Å². The van der Waals surface area contributed by atoms with E-state index < -0.39 is 78.2 Å². The third-order valence-electron chi connectivity index (χ3n) is 10.6. The van der Waals surface area contributed by atoms with Gasteiger partial charge in [0.05, 0.1) is 27.4 Å². The lowest BCUT2D eigenvalue weighted by Gasteiger charge is -2.37. The van der Waals surface area contributed by atoms with Crippen molar-refractivity contribution in [2.45, 2.75) is 67.5 Å². The lowest BCUT2D eigenvalue weighted by Crippen LogP contribution is -2.46. The summed E-state index contributed by atoms with van der Waals surface area (Å²) in [4.78, 5) is 32.8. The van der Waals surface area contributed by atoms with E-state index in [2.05, 4.69) is 15.3 Å². The van der Waals surface area contributed by atoms with Gasteiger partial charge in [0.25, 0.3) is 0 Å². The maximum Gasteiger partial charge on any atom is 0.351 e. The average molecular weight is 817 g/mol. The number of aliphatic hydroxyl groups excluding tert-OH is 4. The lowest BCUT2D eigenvalue weighted by molar-refractivity contribution is -0.0987. The molecule has 5 aromatic rings. The fraction of sp³-hybridized carbons (Fsp3) is 0.366. The second kappa shape index (κ2) is 17.3. The van der Waals surface area contributed by atoms with Crippen molar-refractivity contribution in [3.63, 3.8) is 0 Å². The molecule has 7 rings (SSSR count). The maximum atomic E-state index is 13.3. The first-order valence-corrected chi connectivity index (χ1v) is 18.5. The van der Waals surface area contributed by atoms with Crippen LogP contribution in [0.5, 0.6) is 11.5 Å². The van der Waals surface area contributed by atoms with Crippen LogP contribution in [-0.4, -0.2) is 113 Å². The molecular weight excluding hydrogens is 768 g/mol. The normalized spacial score (nSPS) is 26.5. The van der Waals surface area contributed by atoms with Gasteiger partial charge in [0, 0.05) is 12.4 Å². The molecule has 0 aliphatic carbocycles. The van der Waals surface area contributed by atoms with Crippen molar-refractivity contribution in [2.24, 2.45) is 0 Å². The monoisotopic (exact) mass is 816 g/mol. The van der Waals surface area contributed by atoms with Crippen LogP contribution in [0, 0.1) is 0 Å². The van der Waals surface area contributed by atoms with Gasteiger partial charge < -0.3 is 60.6 Å². The summed E-state index contributed by atoms with van der Waals surface area (Å²) in [5.74, 6) is 1.70. The third kappa shape index (κ3) is 8.17. The van der Waals surface area contributed by atoms with Crippen LogP contribution in [0.2, 0.25) is 0 Å². The summed E-state index contributed by atoms with van der Waals surface area (Å²) in [5, 5.41) is 63.3. The highest BCUT2D eigenvalue weighted by Gasteiger charge is 2.54. The van der Waals surface area contributed by atoms with E-state index in [1.807, 2.05) is 78.9 Å². The zero-order chi connectivity index (χ0) is 42.7. The summed E-state index contributed by atoms with van der Waals surface area (Å²) < 4.78 is 23.8. The van der Waals surface area contributed by atoms with Crippen molar-refractivity contribution in [3.8, 4) is 11.5 Å². The molecule has 9 N–H and O–H groups in total. The van der Waals surface area contributed by atoms with E-state index in [1.54, 1.807) is 20.3 Å². The van der Waals surface area contributed by atoms with Crippen molar-refractivity contribution < 1.29 is 49.6 Å². The van der Waals surface area contributed by atoms with Gasteiger partial charge in [-0.1, -0.05) is 54.6 Å². The minimum atomic E-state index is -1.83. The summed E-state index contributed by atoms with van der Waals surface area (Å²) in [6.07, 6.45) is -4.33. The molecule has 8 atom stereocenters. The minimum Gasteiger partial charge on any atom is -0.497 e. The lowest BCUT2D eigenvalue weighted by atomic mass is 9.77. The Hall–Kier alpha value is -5.70. The van der Waals surface area contributed by atoms with Crippen molar-refractivity contribution in [2.75, 3.05) is 38.5 Å². The highest BCUT2D eigenvalue weighted by molar-refractivity contribution is 5.59. The van der Waals surface area contributed by atoms with Gasteiger partial charge in [-0.25, -0.2) is 9.59 Å². The Balaban J connectivity index is 0.000000271. The van der Waals surface area contributed by atoms with Crippen LogP contribution in [0.1, 0.15) is 43.0 Å². The van der Waals surface area contributed by atoms with Gasteiger partial charge in [-0.05, 0) is 66.9 Å². The van der Waals surface area contributed by atoms with Crippen LogP contribution < -0.4 is 31.9 Å². The van der Waals surface area contributed by atoms with Crippen LogP contribution in [0.3, 0.4) is 0 Å². The number of nitrogen functional groups attached to an aromatic ring is 1. The van der Waals surface area contributed by atoms with E-state index in [4.69, 9.17) is 29.8 Å². The van der Waals surface area contributed by atoms with Crippen molar-refractivity contribution in [3.05, 3.63) is 141 Å². The van der Waals surface area contributed by atoms with E-state index in [9.17, 15) is 35.1 Å². The van der Waals surface area contributed by atoms with Gasteiger partial charge in [-0.15, -0.1) is 0 Å². The Kier molecular flexibility index (Phi) is 12.5. The highest BCUT2D eigenvalue weighted by atomic mass is 16.6. The number of aliphatic hydroxyl groups is 6. The van der Waals surface area contributed by atoms with Crippen LogP contribution in [0.25, 0.3) is 0 Å². The molecule has 59 heavy (non-hydrogen) atoms. The topological polar surface area (TPSA) is 266 Å². The predicted molar refractivity (Wildman–Crippen MR) is 213 cm³/mol. The quantitative estimate of drug-likeness (QED) is 0.0844. The summed E-state index contributed by atoms with van der Waals surface area (Å²) in [5.41, 5.74) is 2.01. The van der Waals surface area contributed by atoms with E-state index >= 15 is 0 Å². The Bertz CT molecular complexity index is 2260. The van der Waals surface area contributed by atoms with Crippen LogP contribution in [0.4, 0.5) is 11.6 Å². The van der Waals surface area contributed by atoms with Crippen molar-refractivity contribution >= 4 is 11.6 Å². The van der Waals surface area contributed by atoms with E-state index in [0.717, 1.165) is 25.8 Å². The molecule has 2 aliphatic heterocycles.